The molecule has 0 aliphatic heterocycles. The summed E-state index contributed by atoms with van der Waals surface area (Å²) in [4.78, 5) is 24.0. The van der Waals surface area contributed by atoms with E-state index in [2.05, 4.69) is 15.5 Å². The maximum atomic E-state index is 12.4. The predicted octanol–water partition coefficient (Wildman–Crippen LogP) is 2.30. The van der Waals surface area contributed by atoms with E-state index >= 15 is 0 Å². The van der Waals surface area contributed by atoms with Gasteiger partial charge in [-0.3, -0.25) is 4.79 Å². The molecule has 0 radical (unpaired) electrons. The van der Waals surface area contributed by atoms with Gasteiger partial charge in [0.15, 0.2) is 0 Å². The van der Waals surface area contributed by atoms with E-state index in [1.165, 1.54) is 10.9 Å². The minimum Gasteiger partial charge on any atom is -0.325 e. The van der Waals surface area contributed by atoms with Crippen LogP contribution < -0.4 is 11.0 Å². The maximum absolute atomic E-state index is 12.4. The van der Waals surface area contributed by atoms with Crippen LogP contribution >= 0.6 is 0 Å². The number of amides is 1. The topological polar surface area (TPSA) is 79.8 Å². The van der Waals surface area contributed by atoms with Crippen molar-refractivity contribution in [1.29, 1.82) is 0 Å². The van der Waals surface area contributed by atoms with Gasteiger partial charge < -0.3 is 5.32 Å². The zero-order chi connectivity index (χ0) is 16.2. The first-order chi connectivity index (χ1) is 11.1. The molecule has 0 spiro atoms. The van der Waals surface area contributed by atoms with Crippen LogP contribution in [0.4, 0.5) is 5.69 Å². The molecule has 2 aromatic carbocycles. The quantitative estimate of drug-likeness (QED) is 0.776. The van der Waals surface area contributed by atoms with E-state index in [4.69, 9.17) is 0 Å². The molecule has 6 nitrogen and oxygen atoms in total. The molecule has 0 aliphatic rings. The fourth-order valence-electron chi connectivity index (χ4n) is 2.31. The minimum atomic E-state index is -0.328. The summed E-state index contributed by atoms with van der Waals surface area (Å²) in [6, 6.07) is 16.6. The standard InChI is InChI=1S/C17H16N4O2/c1-12(13-6-3-2-4-7-13)16(22)19-14-8-5-9-15(10-14)21-11-18-20-17(21)23/h2-12H,1H3,(H,19,22)(H,20,23). The Kier molecular flexibility index (Phi) is 4.05. The monoisotopic (exact) mass is 308 g/mol. The number of hydrogen-bond acceptors (Lipinski definition) is 3. The number of carbonyl (C=O) groups excluding carboxylic acids is 1. The highest BCUT2D eigenvalue weighted by atomic mass is 16.2. The van der Waals surface area contributed by atoms with E-state index in [1.807, 2.05) is 37.3 Å². The highest BCUT2D eigenvalue weighted by Crippen LogP contribution is 2.19. The van der Waals surface area contributed by atoms with Gasteiger partial charge in [-0.25, -0.2) is 14.5 Å². The Hall–Kier alpha value is -3.15. The molecule has 0 fully saturated rings. The number of nitrogens with one attached hydrogen (secondary N) is 2. The van der Waals surface area contributed by atoms with Crippen LogP contribution in [0.1, 0.15) is 18.4 Å². The number of rotatable bonds is 4. The Balaban J connectivity index is 1.79. The van der Waals surface area contributed by atoms with Crippen molar-refractivity contribution in [2.45, 2.75) is 12.8 Å². The van der Waals surface area contributed by atoms with Crippen LogP contribution in [0.3, 0.4) is 0 Å². The average molecular weight is 308 g/mol. The van der Waals surface area contributed by atoms with Gasteiger partial charge in [-0.15, -0.1) is 0 Å². The van der Waals surface area contributed by atoms with Crippen molar-refractivity contribution in [3.8, 4) is 5.69 Å². The van der Waals surface area contributed by atoms with Crippen LogP contribution in [-0.4, -0.2) is 20.7 Å². The second-order valence-electron chi connectivity index (χ2n) is 5.20. The van der Waals surface area contributed by atoms with Crippen LogP contribution in [0.25, 0.3) is 5.69 Å². The summed E-state index contributed by atoms with van der Waals surface area (Å²) < 4.78 is 1.37. The Morgan fingerprint density at radius 3 is 2.65 bits per heavy atom. The lowest BCUT2D eigenvalue weighted by atomic mass is 10.0. The lowest BCUT2D eigenvalue weighted by Gasteiger charge is -2.13. The van der Waals surface area contributed by atoms with Crippen LogP contribution in [-0.2, 0) is 4.79 Å². The van der Waals surface area contributed by atoms with Crippen LogP contribution in [0, 0.1) is 0 Å². The molecule has 1 atom stereocenters. The third-order valence-electron chi connectivity index (χ3n) is 3.64. The van der Waals surface area contributed by atoms with E-state index in [0.717, 1.165) is 5.56 Å². The van der Waals surface area contributed by atoms with Crippen molar-refractivity contribution in [2.75, 3.05) is 5.32 Å². The molecule has 1 amide bonds. The summed E-state index contributed by atoms with van der Waals surface area (Å²) in [5.74, 6) is -0.371. The molecule has 0 bridgehead atoms. The number of hydrogen-bond donors (Lipinski definition) is 2. The molecule has 0 aliphatic carbocycles. The molecule has 23 heavy (non-hydrogen) atoms. The number of benzene rings is 2. The number of nitrogens with zero attached hydrogens (tertiary/aromatic N) is 2. The Labute approximate surface area is 132 Å². The number of aromatic amines is 1. The number of carbonyl (C=O) groups is 1. The van der Waals surface area contributed by atoms with E-state index in [0.29, 0.717) is 11.4 Å². The van der Waals surface area contributed by atoms with Crippen LogP contribution in [0.15, 0.2) is 65.7 Å². The van der Waals surface area contributed by atoms with Gasteiger partial charge >= 0.3 is 5.69 Å². The van der Waals surface area contributed by atoms with Gasteiger partial charge in [0.25, 0.3) is 0 Å². The fourth-order valence-corrected chi connectivity index (χ4v) is 2.31. The van der Waals surface area contributed by atoms with Crippen molar-refractivity contribution >= 4 is 11.6 Å². The first-order valence-corrected chi connectivity index (χ1v) is 7.23. The SMILES string of the molecule is CC(C(=O)Nc1cccc(-n2cn[nH]c2=O)c1)c1ccccc1. The lowest BCUT2D eigenvalue weighted by molar-refractivity contribution is -0.117. The third kappa shape index (κ3) is 3.21. The van der Waals surface area contributed by atoms with E-state index in [1.54, 1.807) is 24.3 Å². The van der Waals surface area contributed by atoms with E-state index in [9.17, 15) is 9.59 Å². The summed E-state index contributed by atoms with van der Waals surface area (Å²) in [5.41, 5.74) is 1.88. The normalized spacial score (nSPS) is 11.9. The summed E-state index contributed by atoms with van der Waals surface area (Å²) in [6.45, 7) is 1.86. The minimum absolute atomic E-state index is 0.104. The number of H-pyrrole nitrogens is 1. The molecule has 0 saturated carbocycles. The number of anilines is 1. The zero-order valence-corrected chi connectivity index (χ0v) is 12.6. The zero-order valence-electron chi connectivity index (χ0n) is 12.6. The first-order valence-electron chi connectivity index (χ1n) is 7.23. The molecule has 3 rings (SSSR count). The Bertz CT molecular complexity index is 867. The average Bonchev–Trinajstić information content (AvgIpc) is 3.01. The molecular weight excluding hydrogens is 292 g/mol. The molecule has 1 unspecified atom stereocenters. The second kappa shape index (κ2) is 6.31. The van der Waals surface area contributed by atoms with Gasteiger partial charge in [0.05, 0.1) is 11.6 Å². The highest BCUT2D eigenvalue weighted by Gasteiger charge is 2.15. The van der Waals surface area contributed by atoms with Crippen molar-refractivity contribution in [3.05, 3.63) is 77.0 Å². The van der Waals surface area contributed by atoms with Crippen molar-refractivity contribution in [1.82, 2.24) is 14.8 Å². The van der Waals surface area contributed by atoms with Crippen molar-refractivity contribution < 1.29 is 4.79 Å². The predicted molar refractivity (Wildman–Crippen MR) is 87.7 cm³/mol. The van der Waals surface area contributed by atoms with Gasteiger partial charge in [0.1, 0.15) is 6.33 Å². The Morgan fingerprint density at radius 2 is 1.96 bits per heavy atom. The van der Waals surface area contributed by atoms with Gasteiger partial charge in [-0.2, -0.15) is 5.10 Å². The van der Waals surface area contributed by atoms with Gasteiger partial charge in [0, 0.05) is 5.69 Å². The molecule has 3 aromatic rings. The van der Waals surface area contributed by atoms with Gasteiger partial charge in [-0.05, 0) is 30.7 Å². The fraction of sp³-hybridized carbons (Fsp3) is 0.118. The first kappa shape index (κ1) is 14.8. The molecule has 6 heteroatoms. The van der Waals surface area contributed by atoms with E-state index in [-0.39, 0.29) is 17.5 Å². The van der Waals surface area contributed by atoms with Crippen LogP contribution in [0.2, 0.25) is 0 Å². The molecule has 0 saturated heterocycles. The number of aromatic nitrogens is 3. The molecule has 1 heterocycles. The highest BCUT2D eigenvalue weighted by molar-refractivity contribution is 5.95. The summed E-state index contributed by atoms with van der Waals surface area (Å²) >= 11 is 0. The molecular formula is C17H16N4O2. The van der Waals surface area contributed by atoms with Crippen molar-refractivity contribution in [3.63, 3.8) is 0 Å². The molecule has 1 aromatic heterocycles. The summed E-state index contributed by atoms with van der Waals surface area (Å²) in [5, 5.41) is 8.91. The van der Waals surface area contributed by atoms with Gasteiger partial charge in [-0.1, -0.05) is 36.4 Å². The maximum Gasteiger partial charge on any atom is 0.347 e. The smallest absolute Gasteiger partial charge is 0.325 e. The molecule has 2 N–H and O–H groups in total. The second-order valence-corrected chi connectivity index (χ2v) is 5.20. The largest absolute Gasteiger partial charge is 0.347 e. The lowest BCUT2D eigenvalue weighted by Crippen LogP contribution is -2.19. The molecule has 116 valence electrons. The van der Waals surface area contributed by atoms with Crippen molar-refractivity contribution in [2.24, 2.45) is 0 Å². The Morgan fingerprint density at radius 1 is 1.17 bits per heavy atom. The van der Waals surface area contributed by atoms with E-state index < -0.39 is 0 Å². The third-order valence-corrected chi connectivity index (χ3v) is 3.64. The van der Waals surface area contributed by atoms with Gasteiger partial charge in [0.2, 0.25) is 5.91 Å². The summed E-state index contributed by atoms with van der Waals surface area (Å²) in [7, 11) is 0. The van der Waals surface area contributed by atoms with Crippen LogP contribution in [0.5, 0.6) is 0 Å². The summed E-state index contributed by atoms with van der Waals surface area (Å²) in [6.07, 6.45) is 1.40.